The van der Waals surface area contributed by atoms with Crippen molar-refractivity contribution in [3.8, 4) is 11.3 Å². The van der Waals surface area contributed by atoms with E-state index in [4.69, 9.17) is 10.8 Å². The van der Waals surface area contributed by atoms with Gasteiger partial charge in [0, 0.05) is 30.5 Å². The van der Waals surface area contributed by atoms with Crippen molar-refractivity contribution in [3.63, 3.8) is 0 Å². The standard InChI is InChI=1S/C22H22F3N7.C5H10O/c1-32-11-27-31-21(32)18(12-4-2-5-12)13-6-3-7-14(8-13)19-15-9-17(22(23,24)25)28-16(10-26)20(15)30-29-19;6-5-3-1-2-4-5/h3,6-9,11-12,18H,2,4-5,10,26H2,1H3,(H,29,30);5-6H,1-4H2. The number of aryl methyl sites for hydroxylation is 1. The third-order valence-corrected chi connectivity index (χ3v) is 7.60. The Morgan fingerprint density at radius 1 is 1.13 bits per heavy atom. The SMILES string of the molecule is Cn1cnnc1C(c1cccc(-c2n[nH]c3c(CN)nc(C(F)(F)F)cc23)c1)C1CCC1.OC1CCCC1. The van der Waals surface area contributed by atoms with Crippen LogP contribution in [-0.4, -0.2) is 41.2 Å². The molecule has 3 aromatic heterocycles. The highest BCUT2D eigenvalue weighted by molar-refractivity contribution is 5.94. The Labute approximate surface area is 218 Å². The molecular weight excluding hydrogens is 495 g/mol. The molecule has 3 heterocycles. The molecule has 1 atom stereocenters. The van der Waals surface area contributed by atoms with Crippen LogP contribution < -0.4 is 5.73 Å². The van der Waals surface area contributed by atoms with Gasteiger partial charge in [0.05, 0.1) is 17.3 Å². The number of nitrogens with two attached hydrogens (primary N) is 1. The first-order chi connectivity index (χ1) is 18.3. The van der Waals surface area contributed by atoms with E-state index in [1.807, 2.05) is 35.9 Å². The predicted molar refractivity (Wildman–Crippen MR) is 137 cm³/mol. The number of alkyl halides is 3. The normalized spacial score (nSPS) is 17.3. The molecule has 38 heavy (non-hydrogen) atoms. The Balaban J connectivity index is 0.000000433. The first-order valence-electron chi connectivity index (χ1n) is 13.0. The molecule has 4 N–H and O–H groups in total. The molecule has 0 bridgehead atoms. The van der Waals surface area contributed by atoms with Gasteiger partial charge < -0.3 is 15.4 Å². The molecule has 8 nitrogen and oxygen atoms in total. The van der Waals surface area contributed by atoms with Gasteiger partial charge in [0.15, 0.2) is 0 Å². The Hall–Kier alpha value is -3.31. The van der Waals surface area contributed by atoms with Gasteiger partial charge in [0.2, 0.25) is 0 Å². The topological polar surface area (TPSA) is 119 Å². The number of benzene rings is 1. The lowest BCUT2D eigenvalue weighted by Crippen LogP contribution is -2.24. The van der Waals surface area contributed by atoms with E-state index in [0.29, 0.717) is 22.5 Å². The second-order valence-corrected chi connectivity index (χ2v) is 10.2. The summed E-state index contributed by atoms with van der Waals surface area (Å²) in [5.41, 5.74) is 7.46. The third kappa shape index (κ3) is 5.30. The maximum Gasteiger partial charge on any atom is 0.433 e. The predicted octanol–water partition coefficient (Wildman–Crippen LogP) is 5.08. The number of aromatic amines is 1. The number of nitrogens with zero attached hydrogens (tertiary/aromatic N) is 5. The number of fused-ring (bicyclic) bond motifs is 1. The number of nitrogens with one attached hydrogen (secondary N) is 1. The number of hydrogen-bond donors (Lipinski definition) is 3. The van der Waals surface area contributed by atoms with Crippen LogP contribution in [0.5, 0.6) is 0 Å². The lowest BCUT2D eigenvalue weighted by Gasteiger charge is -2.33. The van der Waals surface area contributed by atoms with Crippen LogP contribution in [0, 0.1) is 5.92 Å². The summed E-state index contributed by atoms with van der Waals surface area (Å²) in [6, 6.07) is 8.81. The smallest absolute Gasteiger partial charge is 0.393 e. The minimum Gasteiger partial charge on any atom is -0.393 e. The lowest BCUT2D eigenvalue weighted by molar-refractivity contribution is -0.141. The molecule has 0 amide bonds. The molecule has 202 valence electrons. The molecule has 6 rings (SSSR count). The second-order valence-electron chi connectivity index (χ2n) is 10.2. The van der Waals surface area contributed by atoms with Crippen molar-refractivity contribution in [3.05, 3.63) is 59.4 Å². The fourth-order valence-corrected chi connectivity index (χ4v) is 5.36. The van der Waals surface area contributed by atoms with Gasteiger partial charge in [0.1, 0.15) is 23.5 Å². The van der Waals surface area contributed by atoms with E-state index in [1.54, 1.807) is 6.33 Å². The highest BCUT2D eigenvalue weighted by Crippen LogP contribution is 2.43. The first kappa shape index (κ1) is 26.3. The van der Waals surface area contributed by atoms with Gasteiger partial charge in [-0.05, 0) is 49.3 Å². The van der Waals surface area contributed by atoms with Crippen molar-refractivity contribution in [1.82, 2.24) is 29.9 Å². The highest BCUT2D eigenvalue weighted by Gasteiger charge is 2.35. The largest absolute Gasteiger partial charge is 0.433 e. The fourth-order valence-electron chi connectivity index (χ4n) is 5.36. The quantitative estimate of drug-likeness (QED) is 0.333. The lowest BCUT2D eigenvalue weighted by atomic mass is 9.72. The van der Waals surface area contributed by atoms with E-state index >= 15 is 0 Å². The number of aliphatic hydroxyl groups excluding tert-OH is 1. The van der Waals surface area contributed by atoms with Gasteiger partial charge in [-0.25, -0.2) is 4.98 Å². The number of pyridine rings is 1. The second kappa shape index (κ2) is 10.8. The molecule has 1 unspecified atom stereocenters. The average molecular weight is 528 g/mol. The summed E-state index contributed by atoms with van der Waals surface area (Å²) in [6.07, 6.45) is 5.10. The summed E-state index contributed by atoms with van der Waals surface area (Å²) < 4.78 is 42.2. The number of H-pyrrole nitrogens is 1. The molecule has 2 fully saturated rings. The van der Waals surface area contributed by atoms with Gasteiger partial charge in [0.25, 0.3) is 0 Å². The van der Waals surface area contributed by atoms with Gasteiger partial charge in [-0.15, -0.1) is 10.2 Å². The number of rotatable bonds is 5. The summed E-state index contributed by atoms with van der Waals surface area (Å²) in [4.78, 5) is 3.69. The Morgan fingerprint density at radius 3 is 2.45 bits per heavy atom. The number of aromatic nitrogens is 6. The van der Waals surface area contributed by atoms with Crippen LogP contribution >= 0.6 is 0 Å². The zero-order chi connectivity index (χ0) is 26.9. The minimum atomic E-state index is -4.57. The molecule has 2 aliphatic rings. The van der Waals surface area contributed by atoms with Crippen LogP contribution in [0.25, 0.3) is 22.2 Å². The van der Waals surface area contributed by atoms with Crippen LogP contribution in [0.2, 0.25) is 0 Å². The molecule has 0 aliphatic heterocycles. The zero-order valence-electron chi connectivity index (χ0n) is 21.2. The van der Waals surface area contributed by atoms with Crippen LogP contribution in [0.1, 0.15) is 73.6 Å². The average Bonchev–Trinajstić information content (AvgIpc) is 3.62. The molecule has 4 aromatic rings. The van der Waals surface area contributed by atoms with Gasteiger partial charge in [-0.2, -0.15) is 18.3 Å². The van der Waals surface area contributed by atoms with Gasteiger partial charge in [-0.3, -0.25) is 5.10 Å². The molecule has 0 saturated heterocycles. The van der Waals surface area contributed by atoms with E-state index < -0.39 is 11.9 Å². The van der Waals surface area contributed by atoms with Crippen LogP contribution in [-0.2, 0) is 19.8 Å². The fraction of sp³-hybridized carbons (Fsp3) is 0.481. The van der Waals surface area contributed by atoms with E-state index in [-0.39, 0.29) is 24.3 Å². The van der Waals surface area contributed by atoms with Crippen molar-refractivity contribution in [2.75, 3.05) is 0 Å². The molecule has 0 radical (unpaired) electrons. The summed E-state index contributed by atoms with van der Waals surface area (Å²) in [5.74, 6) is 1.40. The third-order valence-electron chi connectivity index (χ3n) is 7.60. The van der Waals surface area contributed by atoms with Crippen LogP contribution in [0.3, 0.4) is 0 Å². The van der Waals surface area contributed by atoms with Crippen LogP contribution in [0.15, 0.2) is 36.7 Å². The molecule has 11 heteroatoms. The summed E-state index contributed by atoms with van der Waals surface area (Å²) in [6.45, 7) is -0.127. The van der Waals surface area contributed by atoms with Crippen molar-refractivity contribution in [1.29, 1.82) is 0 Å². The number of aliphatic hydroxyl groups is 1. The molecule has 2 saturated carbocycles. The van der Waals surface area contributed by atoms with Crippen molar-refractivity contribution < 1.29 is 18.3 Å². The van der Waals surface area contributed by atoms with Gasteiger partial charge >= 0.3 is 6.18 Å². The van der Waals surface area contributed by atoms with Crippen molar-refractivity contribution in [2.45, 2.75) is 69.7 Å². The summed E-state index contributed by atoms with van der Waals surface area (Å²) >= 11 is 0. The number of hydrogen-bond acceptors (Lipinski definition) is 6. The maximum absolute atomic E-state index is 13.4. The van der Waals surface area contributed by atoms with E-state index in [2.05, 4.69) is 25.4 Å². The molecule has 2 aliphatic carbocycles. The molecular formula is C27H32F3N7O. The van der Waals surface area contributed by atoms with Crippen LogP contribution in [0.4, 0.5) is 13.2 Å². The number of halogens is 3. The van der Waals surface area contributed by atoms with Crippen molar-refractivity contribution in [2.24, 2.45) is 18.7 Å². The molecule has 1 aromatic carbocycles. The Kier molecular flexibility index (Phi) is 7.49. The Morgan fingerprint density at radius 2 is 1.89 bits per heavy atom. The molecule has 0 spiro atoms. The van der Waals surface area contributed by atoms with E-state index in [1.165, 1.54) is 19.3 Å². The van der Waals surface area contributed by atoms with E-state index in [9.17, 15) is 13.2 Å². The summed E-state index contributed by atoms with van der Waals surface area (Å²) in [7, 11) is 1.92. The zero-order valence-corrected chi connectivity index (χ0v) is 21.2. The van der Waals surface area contributed by atoms with Gasteiger partial charge in [-0.1, -0.05) is 37.5 Å². The first-order valence-corrected chi connectivity index (χ1v) is 13.0. The summed E-state index contributed by atoms with van der Waals surface area (Å²) in [5, 5.41) is 24.6. The highest BCUT2D eigenvalue weighted by atomic mass is 19.4. The van der Waals surface area contributed by atoms with Crippen molar-refractivity contribution >= 4 is 10.9 Å². The monoisotopic (exact) mass is 527 g/mol. The van der Waals surface area contributed by atoms with E-state index in [0.717, 1.165) is 48.7 Å². The maximum atomic E-state index is 13.4. The Bertz CT molecular complexity index is 1390. The minimum absolute atomic E-state index is 0.0463.